The van der Waals surface area contributed by atoms with E-state index in [1.807, 2.05) is 12.1 Å². The SMILES string of the molecule is CS(=O)(=O)Nc1cccc(NC(=O)c2cc(C(=O)NCc3ccc(CN4CCOCC4)cc3)cs2)c1. The highest BCUT2D eigenvalue weighted by Gasteiger charge is 2.15. The molecule has 1 aromatic heterocycles. The number of nitrogens with one attached hydrogen (secondary N) is 3. The molecule has 0 spiro atoms. The van der Waals surface area contributed by atoms with Crippen LogP contribution >= 0.6 is 11.3 Å². The van der Waals surface area contributed by atoms with E-state index >= 15 is 0 Å². The molecule has 1 fully saturated rings. The van der Waals surface area contributed by atoms with Crippen molar-refractivity contribution in [2.45, 2.75) is 13.1 Å². The summed E-state index contributed by atoms with van der Waals surface area (Å²) in [5.41, 5.74) is 3.39. The van der Waals surface area contributed by atoms with E-state index < -0.39 is 10.0 Å². The predicted octanol–water partition coefficient (Wildman–Crippen LogP) is 3.13. The summed E-state index contributed by atoms with van der Waals surface area (Å²) in [5, 5.41) is 7.25. The van der Waals surface area contributed by atoms with Crippen molar-refractivity contribution in [2.75, 3.05) is 42.6 Å². The summed E-state index contributed by atoms with van der Waals surface area (Å²) in [6, 6.07) is 16.1. The van der Waals surface area contributed by atoms with Crippen molar-refractivity contribution in [3.05, 3.63) is 81.5 Å². The van der Waals surface area contributed by atoms with Gasteiger partial charge in [0.25, 0.3) is 11.8 Å². The van der Waals surface area contributed by atoms with Crippen LogP contribution in [0.1, 0.15) is 31.2 Å². The maximum atomic E-state index is 12.6. The molecule has 190 valence electrons. The Morgan fingerprint density at radius 1 is 0.972 bits per heavy atom. The predicted molar refractivity (Wildman–Crippen MR) is 141 cm³/mol. The lowest BCUT2D eigenvalue weighted by atomic mass is 10.1. The number of hydrogen-bond acceptors (Lipinski definition) is 7. The number of amides is 2. The number of benzene rings is 2. The molecule has 1 aliphatic heterocycles. The fourth-order valence-electron chi connectivity index (χ4n) is 3.71. The average molecular weight is 529 g/mol. The molecule has 2 heterocycles. The number of morpholine rings is 1. The normalized spacial score (nSPS) is 14.2. The van der Waals surface area contributed by atoms with Gasteiger partial charge in [0.05, 0.1) is 35.6 Å². The van der Waals surface area contributed by atoms with Gasteiger partial charge in [0, 0.05) is 37.2 Å². The fourth-order valence-corrected chi connectivity index (χ4v) is 5.04. The van der Waals surface area contributed by atoms with E-state index in [0.717, 1.165) is 56.0 Å². The molecule has 0 unspecified atom stereocenters. The van der Waals surface area contributed by atoms with Crippen LogP contribution in [0.2, 0.25) is 0 Å². The number of sulfonamides is 1. The maximum Gasteiger partial charge on any atom is 0.265 e. The van der Waals surface area contributed by atoms with E-state index in [9.17, 15) is 18.0 Å². The number of anilines is 2. The summed E-state index contributed by atoms with van der Waals surface area (Å²) >= 11 is 1.16. The molecule has 0 atom stereocenters. The molecule has 0 saturated carbocycles. The molecule has 11 heteroatoms. The number of carbonyl (C=O) groups is 2. The summed E-state index contributed by atoms with van der Waals surface area (Å²) < 4.78 is 30.6. The van der Waals surface area contributed by atoms with Gasteiger partial charge in [0.15, 0.2) is 0 Å². The smallest absolute Gasteiger partial charge is 0.265 e. The summed E-state index contributed by atoms with van der Waals surface area (Å²) in [5.74, 6) is -0.645. The average Bonchev–Trinajstić information content (AvgIpc) is 3.34. The number of carbonyl (C=O) groups excluding carboxylic acids is 2. The van der Waals surface area contributed by atoms with Gasteiger partial charge in [-0.05, 0) is 35.4 Å². The Labute approximate surface area is 214 Å². The third kappa shape index (κ3) is 7.62. The molecule has 0 aliphatic carbocycles. The van der Waals surface area contributed by atoms with Crippen LogP contribution in [0.5, 0.6) is 0 Å². The molecular formula is C25H28N4O5S2. The monoisotopic (exact) mass is 528 g/mol. The summed E-state index contributed by atoms with van der Waals surface area (Å²) in [6.45, 7) is 4.68. The zero-order valence-electron chi connectivity index (χ0n) is 19.8. The zero-order valence-corrected chi connectivity index (χ0v) is 21.5. The van der Waals surface area contributed by atoms with E-state index in [2.05, 4.69) is 32.4 Å². The Kier molecular flexibility index (Phi) is 8.36. The number of thiophene rings is 1. The largest absolute Gasteiger partial charge is 0.379 e. The number of hydrogen-bond donors (Lipinski definition) is 3. The van der Waals surface area contributed by atoms with Crippen LogP contribution in [0.3, 0.4) is 0 Å². The van der Waals surface area contributed by atoms with Gasteiger partial charge in [-0.15, -0.1) is 11.3 Å². The van der Waals surface area contributed by atoms with Gasteiger partial charge in [-0.2, -0.15) is 0 Å². The first-order valence-electron chi connectivity index (χ1n) is 11.4. The van der Waals surface area contributed by atoms with Crippen molar-refractivity contribution in [1.82, 2.24) is 10.2 Å². The van der Waals surface area contributed by atoms with E-state index in [-0.39, 0.29) is 11.8 Å². The molecule has 4 rings (SSSR count). The second-order valence-corrected chi connectivity index (χ2v) is 11.2. The lowest BCUT2D eigenvalue weighted by Crippen LogP contribution is -2.35. The maximum absolute atomic E-state index is 12.6. The molecular weight excluding hydrogens is 500 g/mol. The van der Waals surface area contributed by atoms with E-state index in [4.69, 9.17) is 4.74 Å². The number of nitrogens with zero attached hydrogens (tertiary/aromatic N) is 1. The van der Waals surface area contributed by atoms with Gasteiger partial charge >= 0.3 is 0 Å². The van der Waals surface area contributed by atoms with Gasteiger partial charge < -0.3 is 15.4 Å². The van der Waals surface area contributed by atoms with Gasteiger partial charge in [0.1, 0.15) is 0 Å². The standard InChI is InChI=1S/C25H28N4O5S2/c1-36(32,33)28-22-4-2-3-21(14-22)27-25(31)23-13-20(17-35-23)24(30)26-15-18-5-7-19(8-6-18)16-29-9-11-34-12-10-29/h2-8,13-14,17,28H,9-12,15-16H2,1H3,(H,26,30)(H,27,31). The first-order valence-corrected chi connectivity index (χ1v) is 14.2. The number of ether oxygens (including phenoxy) is 1. The van der Waals surface area contributed by atoms with Crippen molar-refractivity contribution < 1.29 is 22.7 Å². The Morgan fingerprint density at radius 2 is 1.67 bits per heavy atom. The highest BCUT2D eigenvalue weighted by atomic mass is 32.2. The lowest BCUT2D eigenvalue weighted by Gasteiger charge is -2.26. The Balaban J connectivity index is 1.28. The van der Waals surface area contributed by atoms with E-state index in [1.54, 1.807) is 29.6 Å². The van der Waals surface area contributed by atoms with Crippen molar-refractivity contribution >= 4 is 44.5 Å². The molecule has 9 nitrogen and oxygen atoms in total. The highest BCUT2D eigenvalue weighted by molar-refractivity contribution is 7.92. The minimum atomic E-state index is -3.43. The molecule has 2 amide bonds. The third-order valence-corrected chi connectivity index (χ3v) is 7.03. The minimum Gasteiger partial charge on any atom is -0.379 e. The van der Waals surface area contributed by atoms with Gasteiger partial charge in [-0.1, -0.05) is 30.3 Å². The highest BCUT2D eigenvalue weighted by Crippen LogP contribution is 2.20. The molecule has 2 aromatic carbocycles. The molecule has 3 N–H and O–H groups in total. The molecule has 3 aromatic rings. The van der Waals surface area contributed by atoms with Crippen LogP contribution in [-0.2, 0) is 27.8 Å². The molecule has 0 radical (unpaired) electrons. The lowest BCUT2D eigenvalue weighted by molar-refractivity contribution is 0.0342. The molecule has 0 bridgehead atoms. The van der Waals surface area contributed by atoms with E-state index in [1.165, 1.54) is 11.6 Å². The summed E-state index contributed by atoms with van der Waals surface area (Å²) in [7, 11) is -3.43. The van der Waals surface area contributed by atoms with Crippen LogP contribution in [0.15, 0.2) is 60.0 Å². The first kappa shape index (κ1) is 25.8. The Hall–Kier alpha value is -3.25. The zero-order chi connectivity index (χ0) is 25.5. The van der Waals surface area contributed by atoms with Crippen LogP contribution in [-0.4, -0.2) is 57.7 Å². The van der Waals surface area contributed by atoms with Crippen LogP contribution in [0.4, 0.5) is 11.4 Å². The van der Waals surface area contributed by atoms with Crippen LogP contribution in [0, 0.1) is 0 Å². The van der Waals surface area contributed by atoms with Crippen molar-refractivity contribution in [1.29, 1.82) is 0 Å². The fraction of sp³-hybridized carbons (Fsp3) is 0.280. The quantitative estimate of drug-likeness (QED) is 0.393. The molecule has 36 heavy (non-hydrogen) atoms. The molecule has 1 saturated heterocycles. The minimum absolute atomic E-state index is 0.262. The third-order valence-electron chi connectivity index (χ3n) is 5.50. The number of rotatable bonds is 9. The van der Waals surface area contributed by atoms with Crippen molar-refractivity contribution in [2.24, 2.45) is 0 Å². The summed E-state index contributed by atoms with van der Waals surface area (Å²) in [6.07, 6.45) is 1.05. The Morgan fingerprint density at radius 3 is 2.39 bits per heavy atom. The topological polar surface area (TPSA) is 117 Å². The van der Waals surface area contributed by atoms with Crippen LogP contribution in [0.25, 0.3) is 0 Å². The van der Waals surface area contributed by atoms with Gasteiger partial charge in [-0.25, -0.2) is 8.42 Å². The Bertz CT molecular complexity index is 1320. The van der Waals surface area contributed by atoms with Crippen molar-refractivity contribution in [3.8, 4) is 0 Å². The van der Waals surface area contributed by atoms with Gasteiger partial charge in [0.2, 0.25) is 10.0 Å². The van der Waals surface area contributed by atoms with E-state index in [0.29, 0.717) is 28.4 Å². The van der Waals surface area contributed by atoms with Gasteiger partial charge in [-0.3, -0.25) is 19.2 Å². The second kappa shape index (κ2) is 11.7. The summed E-state index contributed by atoms with van der Waals surface area (Å²) in [4.78, 5) is 27.9. The second-order valence-electron chi connectivity index (χ2n) is 8.50. The van der Waals surface area contributed by atoms with Crippen molar-refractivity contribution in [3.63, 3.8) is 0 Å². The molecule has 1 aliphatic rings. The first-order chi connectivity index (χ1) is 17.2. The van der Waals surface area contributed by atoms with Crippen LogP contribution < -0.4 is 15.4 Å².